The zero-order valence-corrected chi connectivity index (χ0v) is 15.3. The Labute approximate surface area is 154 Å². The van der Waals surface area contributed by atoms with Crippen LogP contribution in [0.4, 0.5) is 5.13 Å². The van der Waals surface area contributed by atoms with Crippen molar-refractivity contribution in [2.24, 2.45) is 0 Å². The average Bonchev–Trinajstić information content (AvgIpc) is 3.29. The maximum atomic E-state index is 12.9. The minimum atomic E-state index is -0.175. The summed E-state index contributed by atoms with van der Waals surface area (Å²) in [6.45, 7) is 5.58. The minimum Gasteiger partial charge on any atom is -0.294 e. The molecule has 0 bridgehead atoms. The second-order valence-corrected chi connectivity index (χ2v) is 7.23. The van der Waals surface area contributed by atoms with E-state index in [1.54, 1.807) is 23.1 Å². The van der Waals surface area contributed by atoms with Gasteiger partial charge in [0.2, 0.25) is 0 Å². The molecule has 126 valence electrons. The SMILES string of the molecule is C=CCN(C(=O)c1ccc(C(C)=O)s1)c1nc(-c2ccccc2)cs1. The molecule has 3 aromatic rings. The van der Waals surface area contributed by atoms with Crippen molar-refractivity contribution in [2.75, 3.05) is 11.4 Å². The predicted molar refractivity (Wildman–Crippen MR) is 104 cm³/mol. The van der Waals surface area contributed by atoms with Gasteiger partial charge >= 0.3 is 0 Å². The van der Waals surface area contributed by atoms with Crippen LogP contribution < -0.4 is 4.90 Å². The van der Waals surface area contributed by atoms with Gasteiger partial charge in [0, 0.05) is 17.5 Å². The van der Waals surface area contributed by atoms with Crippen molar-refractivity contribution in [2.45, 2.75) is 6.92 Å². The van der Waals surface area contributed by atoms with Crippen LogP contribution in [0.25, 0.3) is 11.3 Å². The predicted octanol–water partition coefficient (Wildman–Crippen LogP) is 4.91. The van der Waals surface area contributed by atoms with E-state index in [1.165, 1.54) is 29.6 Å². The maximum Gasteiger partial charge on any atom is 0.270 e. The van der Waals surface area contributed by atoms with Crippen LogP contribution in [0.5, 0.6) is 0 Å². The van der Waals surface area contributed by atoms with Gasteiger partial charge in [-0.15, -0.1) is 29.3 Å². The van der Waals surface area contributed by atoms with E-state index in [-0.39, 0.29) is 11.7 Å². The minimum absolute atomic E-state index is 0.0417. The normalized spacial score (nSPS) is 10.4. The summed E-state index contributed by atoms with van der Waals surface area (Å²) in [5, 5.41) is 2.55. The Bertz CT molecular complexity index is 912. The fourth-order valence-electron chi connectivity index (χ4n) is 2.28. The monoisotopic (exact) mass is 368 g/mol. The van der Waals surface area contributed by atoms with E-state index in [9.17, 15) is 9.59 Å². The van der Waals surface area contributed by atoms with Crippen molar-refractivity contribution in [3.05, 3.63) is 70.3 Å². The molecular weight excluding hydrogens is 352 g/mol. The molecule has 0 spiro atoms. The number of Topliss-reactive ketones (excluding diaryl/α,β-unsaturated/α-hetero) is 1. The lowest BCUT2D eigenvalue weighted by atomic mass is 10.2. The molecule has 6 heteroatoms. The van der Waals surface area contributed by atoms with Crippen LogP contribution in [0, 0.1) is 0 Å². The Balaban J connectivity index is 1.90. The lowest BCUT2D eigenvalue weighted by Crippen LogP contribution is -2.30. The smallest absolute Gasteiger partial charge is 0.270 e. The molecule has 0 saturated heterocycles. The largest absolute Gasteiger partial charge is 0.294 e. The number of amides is 1. The highest BCUT2D eigenvalue weighted by atomic mass is 32.1. The van der Waals surface area contributed by atoms with Gasteiger partial charge in [0.15, 0.2) is 10.9 Å². The van der Waals surface area contributed by atoms with Gasteiger partial charge in [-0.25, -0.2) is 4.98 Å². The van der Waals surface area contributed by atoms with Gasteiger partial charge in [0.05, 0.1) is 15.4 Å². The van der Waals surface area contributed by atoms with Crippen molar-refractivity contribution in [3.8, 4) is 11.3 Å². The molecule has 0 fully saturated rings. The van der Waals surface area contributed by atoms with Crippen LogP contribution in [0.15, 0.2) is 60.5 Å². The average molecular weight is 368 g/mol. The highest BCUT2D eigenvalue weighted by molar-refractivity contribution is 7.16. The van der Waals surface area contributed by atoms with Crippen LogP contribution in [-0.2, 0) is 0 Å². The number of aromatic nitrogens is 1. The van der Waals surface area contributed by atoms with E-state index in [1.807, 2.05) is 35.7 Å². The molecule has 2 aromatic heterocycles. The van der Waals surface area contributed by atoms with Crippen molar-refractivity contribution in [3.63, 3.8) is 0 Å². The van der Waals surface area contributed by atoms with E-state index in [0.29, 0.717) is 21.4 Å². The summed E-state index contributed by atoms with van der Waals surface area (Å²) >= 11 is 2.62. The van der Waals surface area contributed by atoms with E-state index >= 15 is 0 Å². The number of ketones is 1. The molecule has 0 aliphatic rings. The van der Waals surface area contributed by atoms with Crippen LogP contribution in [0.2, 0.25) is 0 Å². The number of thiazole rings is 1. The topological polar surface area (TPSA) is 50.3 Å². The molecule has 0 aliphatic heterocycles. The number of hydrogen-bond donors (Lipinski definition) is 0. The first kappa shape index (κ1) is 17.3. The first-order chi connectivity index (χ1) is 12.1. The van der Waals surface area contributed by atoms with Crippen LogP contribution >= 0.6 is 22.7 Å². The molecule has 0 aliphatic carbocycles. The van der Waals surface area contributed by atoms with Crippen molar-refractivity contribution in [1.82, 2.24) is 4.98 Å². The summed E-state index contributed by atoms with van der Waals surface area (Å²) in [4.78, 5) is 31.6. The summed E-state index contributed by atoms with van der Waals surface area (Å²) < 4.78 is 0. The third-order valence-electron chi connectivity index (χ3n) is 3.51. The molecule has 0 unspecified atom stereocenters. The number of rotatable bonds is 6. The molecule has 0 radical (unpaired) electrons. The molecule has 1 aromatic carbocycles. The molecule has 25 heavy (non-hydrogen) atoms. The van der Waals surface area contributed by atoms with Crippen molar-refractivity contribution in [1.29, 1.82) is 0 Å². The van der Waals surface area contributed by atoms with Crippen molar-refractivity contribution >= 4 is 39.5 Å². The highest BCUT2D eigenvalue weighted by Gasteiger charge is 2.22. The lowest BCUT2D eigenvalue weighted by Gasteiger charge is -2.16. The zero-order chi connectivity index (χ0) is 17.8. The lowest BCUT2D eigenvalue weighted by molar-refractivity contribution is 0.0991. The Kier molecular flexibility index (Phi) is 5.21. The van der Waals surface area contributed by atoms with Gasteiger partial charge in [-0.05, 0) is 19.1 Å². The van der Waals surface area contributed by atoms with Crippen LogP contribution in [0.1, 0.15) is 26.3 Å². The first-order valence-electron chi connectivity index (χ1n) is 7.64. The first-order valence-corrected chi connectivity index (χ1v) is 9.34. The zero-order valence-electron chi connectivity index (χ0n) is 13.6. The molecule has 2 heterocycles. The fraction of sp³-hybridized carbons (Fsp3) is 0.105. The number of benzene rings is 1. The Morgan fingerprint density at radius 1 is 1.16 bits per heavy atom. The third-order valence-corrected chi connectivity index (χ3v) is 5.55. The molecular formula is C19H16N2O2S2. The molecule has 0 N–H and O–H groups in total. The number of anilines is 1. The number of carbonyl (C=O) groups is 2. The van der Waals surface area contributed by atoms with Gasteiger partial charge in [0.1, 0.15) is 0 Å². The number of hydrogen-bond acceptors (Lipinski definition) is 5. The van der Waals surface area contributed by atoms with E-state index in [4.69, 9.17) is 0 Å². The van der Waals surface area contributed by atoms with Gasteiger partial charge in [-0.2, -0.15) is 0 Å². The van der Waals surface area contributed by atoms with Crippen LogP contribution in [0.3, 0.4) is 0 Å². The van der Waals surface area contributed by atoms with Gasteiger partial charge in [-0.1, -0.05) is 36.4 Å². The molecule has 4 nitrogen and oxygen atoms in total. The molecule has 0 saturated carbocycles. The summed E-state index contributed by atoms with van der Waals surface area (Å²) in [6, 6.07) is 13.2. The number of nitrogens with zero attached hydrogens (tertiary/aromatic N) is 2. The maximum absolute atomic E-state index is 12.9. The van der Waals surface area contributed by atoms with E-state index in [0.717, 1.165) is 11.3 Å². The second-order valence-electron chi connectivity index (χ2n) is 5.31. The third kappa shape index (κ3) is 3.75. The summed E-state index contributed by atoms with van der Waals surface area (Å²) in [6.07, 6.45) is 1.67. The second kappa shape index (κ2) is 7.55. The van der Waals surface area contributed by atoms with E-state index < -0.39 is 0 Å². The summed E-state index contributed by atoms with van der Waals surface area (Å²) in [5.41, 5.74) is 1.84. The van der Waals surface area contributed by atoms with Gasteiger partial charge < -0.3 is 0 Å². The molecule has 3 rings (SSSR count). The van der Waals surface area contributed by atoms with E-state index in [2.05, 4.69) is 11.6 Å². The Hall–Kier alpha value is -2.57. The molecule has 1 amide bonds. The quantitative estimate of drug-likeness (QED) is 0.459. The summed E-state index contributed by atoms with van der Waals surface area (Å²) in [5.74, 6) is -0.216. The van der Waals surface area contributed by atoms with Crippen molar-refractivity contribution < 1.29 is 9.59 Å². The summed E-state index contributed by atoms with van der Waals surface area (Å²) in [7, 11) is 0. The van der Waals surface area contributed by atoms with Gasteiger partial charge in [0.25, 0.3) is 5.91 Å². The fourth-order valence-corrected chi connectivity index (χ4v) is 3.97. The molecule has 0 atom stereocenters. The number of carbonyl (C=O) groups excluding carboxylic acids is 2. The number of thiophene rings is 1. The van der Waals surface area contributed by atoms with Gasteiger partial charge in [-0.3, -0.25) is 14.5 Å². The Morgan fingerprint density at radius 3 is 2.52 bits per heavy atom. The standard InChI is InChI=1S/C19H16N2O2S2/c1-3-11-21(18(23)17-10-9-16(25-17)13(2)22)19-20-15(12-24-19)14-7-5-4-6-8-14/h3-10,12H,1,11H2,2H3. The Morgan fingerprint density at radius 2 is 1.88 bits per heavy atom. The highest BCUT2D eigenvalue weighted by Crippen LogP contribution is 2.29. The van der Waals surface area contributed by atoms with Crippen LogP contribution in [-0.4, -0.2) is 23.2 Å².